The van der Waals surface area contributed by atoms with Crippen LogP contribution >= 0.6 is 11.6 Å². The fraction of sp³-hybridized carbons (Fsp3) is 0.308. The van der Waals surface area contributed by atoms with Gasteiger partial charge in [-0.2, -0.15) is 0 Å². The Hall–Kier alpha value is -1.88. The molecule has 1 aromatic heterocycles. The number of benzene rings is 1. The predicted molar refractivity (Wildman–Crippen MR) is 72.9 cm³/mol. The lowest BCUT2D eigenvalue weighted by atomic mass is 10.2. The van der Waals surface area contributed by atoms with Gasteiger partial charge in [-0.1, -0.05) is 35.8 Å². The van der Waals surface area contributed by atoms with E-state index in [1.54, 1.807) is 6.07 Å². The fourth-order valence-corrected chi connectivity index (χ4v) is 1.53. The maximum Gasteiger partial charge on any atom is 0.257 e. The van der Waals surface area contributed by atoms with Crippen LogP contribution in [0.15, 0.2) is 33.8 Å². The van der Waals surface area contributed by atoms with E-state index in [-0.39, 0.29) is 6.61 Å². The molecule has 6 heteroatoms. The first-order chi connectivity index (χ1) is 9.20. The van der Waals surface area contributed by atoms with E-state index in [0.717, 1.165) is 12.1 Å². The molecule has 5 nitrogen and oxygen atoms in total. The van der Waals surface area contributed by atoms with Gasteiger partial charge in [0.2, 0.25) is 5.89 Å². The zero-order valence-electron chi connectivity index (χ0n) is 10.8. The normalized spacial score (nSPS) is 11.6. The van der Waals surface area contributed by atoms with E-state index < -0.39 is 0 Å². The molecule has 0 amide bonds. The summed E-state index contributed by atoms with van der Waals surface area (Å²) < 4.78 is 5.47. The minimum Gasteiger partial charge on any atom is -0.417 e. The monoisotopic (exact) mass is 279 g/mol. The van der Waals surface area contributed by atoms with Gasteiger partial charge in [-0.3, -0.25) is 0 Å². The Balaban J connectivity index is 2.06. The first-order valence-electron chi connectivity index (χ1n) is 5.93. The van der Waals surface area contributed by atoms with Crippen molar-refractivity contribution >= 4 is 17.3 Å². The van der Waals surface area contributed by atoms with Gasteiger partial charge in [-0.25, -0.2) is 0 Å². The zero-order valence-corrected chi connectivity index (χ0v) is 11.5. The molecule has 19 heavy (non-hydrogen) atoms. The van der Waals surface area contributed by atoms with E-state index in [9.17, 15) is 0 Å². The smallest absolute Gasteiger partial charge is 0.257 e. The Morgan fingerprint density at radius 3 is 2.89 bits per heavy atom. The molecule has 2 aromatic rings. The van der Waals surface area contributed by atoms with Gasteiger partial charge in [-0.05, 0) is 25.5 Å². The van der Waals surface area contributed by atoms with Crippen molar-refractivity contribution in [2.75, 3.05) is 0 Å². The van der Waals surface area contributed by atoms with Gasteiger partial charge in [0.15, 0.2) is 6.61 Å². The molecular weight excluding hydrogens is 266 g/mol. The molecule has 0 N–H and O–H groups in total. The molecule has 0 aliphatic rings. The molecule has 0 bridgehead atoms. The van der Waals surface area contributed by atoms with Crippen LogP contribution in [0.1, 0.15) is 26.2 Å². The molecule has 0 aliphatic carbocycles. The van der Waals surface area contributed by atoms with E-state index in [2.05, 4.69) is 15.4 Å². The highest BCUT2D eigenvalue weighted by Gasteiger charge is 2.11. The summed E-state index contributed by atoms with van der Waals surface area (Å²) in [5, 5.41) is 12.3. The van der Waals surface area contributed by atoms with Crippen LogP contribution < -0.4 is 0 Å². The average Bonchev–Trinajstić information content (AvgIpc) is 2.87. The van der Waals surface area contributed by atoms with Crippen molar-refractivity contribution in [3.05, 3.63) is 35.2 Å². The van der Waals surface area contributed by atoms with Crippen LogP contribution in [0.4, 0.5) is 0 Å². The molecule has 0 unspecified atom stereocenters. The Morgan fingerprint density at radius 1 is 1.37 bits per heavy atom. The number of rotatable bonds is 5. The SMILES string of the molecule is CCC(C)=NOCc1nnc(-c2ccccc2Cl)o1. The van der Waals surface area contributed by atoms with Crippen LogP contribution in [0.2, 0.25) is 5.02 Å². The average molecular weight is 280 g/mol. The lowest BCUT2D eigenvalue weighted by molar-refractivity contribution is 0.110. The van der Waals surface area contributed by atoms with E-state index in [4.69, 9.17) is 20.9 Å². The van der Waals surface area contributed by atoms with Gasteiger partial charge >= 0.3 is 0 Å². The quantitative estimate of drug-likeness (QED) is 0.618. The minimum atomic E-state index is 0.148. The first kappa shape index (κ1) is 13.5. The standard InChI is InChI=1S/C13H14ClN3O2/c1-3-9(2)17-18-8-12-15-16-13(19-12)10-6-4-5-7-11(10)14/h4-7H,3,8H2,1-2H3. The maximum atomic E-state index is 6.05. The molecule has 0 spiro atoms. The van der Waals surface area contributed by atoms with E-state index in [1.165, 1.54) is 0 Å². The summed E-state index contributed by atoms with van der Waals surface area (Å²) in [5.74, 6) is 0.739. The Labute approximate surface area is 116 Å². The number of oxime groups is 1. The molecule has 0 saturated carbocycles. The second kappa shape index (κ2) is 6.33. The zero-order chi connectivity index (χ0) is 13.7. The van der Waals surface area contributed by atoms with Gasteiger partial charge < -0.3 is 9.25 Å². The number of nitrogens with zero attached hydrogens (tertiary/aromatic N) is 3. The third-order valence-corrected chi connectivity index (χ3v) is 2.82. The Bertz CT molecular complexity index is 581. The van der Waals surface area contributed by atoms with Crippen LogP contribution in [0.5, 0.6) is 0 Å². The highest BCUT2D eigenvalue weighted by atomic mass is 35.5. The highest BCUT2D eigenvalue weighted by molar-refractivity contribution is 6.33. The lowest BCUT2D eigenvalue weighted by Gasteiger charge is -1.97. The molecule has 1 heterocycles. The van der Waals surface area contributed by atoms with Crippen molar-refractivity contribution in [1.82, 2.24) is 10.2 Å². The van der Waals surface area contributed by atoms with Crippen LogP contribution in [-0.2, 0) is 11.4 Å². The number of hydrogen-bond acceptors (Lipinski definition) is 5. The van der Waals surface area contributed by atoms with Crippen molar-refractivity contribution in [1.29, 1.82) is 0 Å². The summed E-state index contributed by atoms with van der Waals surface area (Å²) >= 11 is 6.05. The van der Waals surface area contributed by atoms with Crippen LogP contribution in [-0.4, -0.2) is 15.9 Å². The molecular formula is C13H14ClN3O2. The van der Waals surface area contributed by atoms with E-state index in [1.807, 2.05) is 32.0 Å². The molecule has 0 radical (unpaired) electrons. The maximum absolute atomic E-state index is 6.05. The second-order valence-corrected chi connectivity index (χ2v) is 4.34. The minimum absolute atomic E-state index is 0.148. The Morgan fingerprint density at radius 2 is 2.16 bits per heavy atom. The van der Waals surface area contributed by atoms with Gasteiger partial charge in [0.1, 0.15) is 0 Å². The molecule has 0 saturated heterocycles. The summed E-state index contributed by atoms with van der Waals surface area (Å²) in [7, 11) is 0. The fourth-order valence-electron chi connectivity index (χ4n) is 1.32. The molecule has 100 valence electrons. The Kier molecular flexibility index (Phi) is 4.52. The van der Waals surface area contributed by atoms with Crippen molar-refractivity contribution in [2.45, 2.75) is 26.9 Å². The van der Waals surface area contributed by atoms with Gasteiger partial charge in [0.05, 0.1) is 16.3 Å². The molecule has 0 aliphatic heterocycles. The van der Waals surface area contributed by atoms with E-state index in [0.29, 0.717) is 22.4 Å². The summed E-state index contributed by atoms with van der Waals surface area (Å²) in [6.45, 7) is 4.04. The third-order valence-electron chi connectivity index (χ3n) is 2.49. The number of hydrogen-bond donors (Lipinski definition) is 0. The van der Waals surface area contributed by atoms with Crippen molar-refractivity contribution in [3.63, 3.8) is 0 Å². The second-order valence-electron chi connectivity index (χ2n) is 3.93. The van der Waals surface area contributed by atoms with E-state index >= 15 is 0 Å². The first-order valence-corrected chi connectivity index (χ1v) is 6.31. The van der Waals surface area contributed by atoms with Crippen LogP contribution in [0, 0.1) is 0 Å². The lowest BCUT2D eigenvalue weighted by Crippen LogP contribution is -1.92. The predicted octanol–water partition coefficient (Wildman–Crippen LogP) is 3.69. The van der Waals surface area contributed by atoms with Gasteiger partial charge in [0, 0.05) is 0 Å². The number of halogens is 1. The van der Waals surface area contributed by atoms with Crippen molar-refractivity contribution < 1.29 is 9.25 Å². The highest BCUT2D eigenvalue weighted by Crippen LogP contribution is 2.26. The van der Waals surface area contributed by atoms with Gasteiger partial charge in [0.25, 0.3) is 5.89 Å². The largest absolute Gasteiger partial charge is 0.417 e. The topological polar surface area (TPSA) is 60.5 Å². The number of aromatic nitrogens is 2. The van der Waals surface area contributed by atoms with Crippen LogP contribution in [0.25, 0.3) is 11.5 Å². The molecule has 0 atom stereocenters. The van der Waals surface area contributed by atoms with Gasteiger partial charge in [-0.15, -0.1) is 10.2 Å². The molecule has 1 aromatic carbocycles. The third kappa shape index (κ3) is 3.54. The summed E-state index contributed by atoms with van der Waals surface area (Å²) in [4.78, 5) is 5.11. The summed E-state index contributed by atoms with van der Waals surface area (Å²) in [5.41, 5.74) is 1.61. The summed E-state index contributed by atoms with van der Waals surface area (Å²) in [6.07, 6.45) is 0.842. The molecule has 2 rings (SSSR count). The van der Waals surface area contributed by atoms with Crippen molar-refractivity contribution in [2.24, 2.45) is 5.16 Å². The van der Waals surface area contributed by atoms with Crippen LogP contribution in [0.3, 0.4) is 0 Å². The summed E-state index contributed by atoms with van der Waals surface area (Å²) in [6, 6.07) is 7.29. The van der Waals surface area contributed by atoms with Crippen molar-refractivity contribution in [3.8, 4) is 11.5 Å². The molecule has 0 fully saturated rings.